The fraction of sp³-hybridized carbons (Fsp3) is 1.00. The first kappa shape index (κ1) is 13.3. The summed E-state index contributed by atoms with van der Waals surface area (Å²) in [5.74, 6) is -0.799. The van der Waals surface area contributed by atoms with Gasteiger partial charge in [-0.3, -0.25) is 0 Å². The predicted octanol–water partition coefficient (Wildman–Crippen LogP) is 2.46. The van der Waals surface area contributed by atoms with Gasteiger partial charge in [0.2, 0.25) is 0 Å². The van der Waals surface area contributed by atoms with Gasteiger partial charge >= 0.3 is 0 Å². The molecule has 0 spiro atoms. The van der Waals surface area contributed by atoms with Gasteiger partial charge in [-0.25, -0.2) is 0 Å². The van der Waals surface area contributed by atoms with Crippen LogP contribution in [-0.4, -0.2) is 38.0 Å². The molecule has 2 aliphatic rings. The van der Waals surface area contributed by atoms with Crippen LogP contribution >= 0.6 is 0 Å². The van der Waals surface area contributed by atoms with Crippen LogP contribution in [0.25, 0.3) is 0 Å². The summed E-state index contributed by atoms with van der Waals surface area (Å²) in [6, 6.07) is 0. The zero-order valence-electron chi connectivity index (χ0n) is 11.0. The van der Waals surface area contributed by atoms with Crippen molar-refractivity contribution in [2.75, 3.05) is 26.4 Å². The third kappa shape index (κ3) is 3.91. The zero-order valence-corrected chi connectivity index (χ0v) is 11.0. The first-order valence-corrected chi connectivity index (χ1v) is 6.68. The Kier molecular flexibility index (Phi) is 4.42. The predicted molar refractivity (Wildman–Crippen MR) is 63.7 cm³/mol. The van der Waals surface area contributed by atoms with Crippen molar-refractivity contribution >= 4 is 0 Å². The fourth-order valence-corrected chi connectivity index (χ4v) is 2.37. The molecule has 0 aromatic heterocycles. The molecule has 2 saturated heterocycles. The summed E-state index contributed by atoms with van der Waals surface area (Å²) in [5.41, 5.74) is 0. The Balaban J connectivity index is 1.70. The average molecular weight is 244 g/mol. The van der Waals surface area contributed by atoms with Crippen LogP contribution in [0.5, 0.6) is 0 Å². The molecule has 0 saturated carbocycles. The molecule has 0 aliphatic carbocycles. The van der Waals surface area contributed by atoms with E-state index in [9.17, 15) is 0 Å². The maximum Gasteiger partial charge on any atom is 0.165 e. The lowest BCUT2D eigenvalue weighted by atomic mass is 10.0. The maximum atomic E-state index is 5.68. The van der Waals surface area contributed by atoms with E-state index in [0.717, 1.165) is 58.5 Å². The number of rotatable bonds is 4. The summed E-state index contributed by atoms with van der Waals surface area (Å²) >= 11 is 0. The van der Waals surface area contributed by atoms with Crippen LogP contribution in [-0.2, 0) is 18.9 Å². The third-order valence-electron chi connectivity index (χ3n) is 3.47. The molecule has 0 unspecified atom stereocenters. The summed E-state index contributed by atoms with van der Waals surface area (Å²) in [5, 5.41) is 0. The van der Waals surface area contributed by atoms with Crippen molar-refractivity contribution in [1.29, 1.82) is 0 Å². The van der Waals surface area contributed by atoms with E-state index in [1.807, 2.05) is 13.8 Å². The second-order valence-electron chi connectivity index (χ2n) is 5.22. The molecule has 0 aromatic carbocycles. The molecular weight excluding hydrogens is 220 g/mol. The zero-order chi connectivity index (χ0) is 12.2. The van der Waals surface area contributed by atoms with E-state index < -0.39 is 11.6 Å². The van der Waals surface area contributed by atoms with Crippen LogP contribution in [0.15, 0.2) is 0 Å². The summed E-state index contributed by atoms with van der Waals surface area (Å²) in [7, 11) is 0. The van der Waals surface area contributed by atoms with Gasteiger partial charge in [-0.15, -0.1) is 0 Å². The normalized spacial score (nSPS) is 27.9. The molecule has 0 radical (unpaired) electrons. The van der Waals surface area contributed by atoms with Crippen molar-refractivity contribution in [2.24, 2.45) is 0 Å². The van der Waals surface area contributed by atoms with Crippen molar-refractivity contribution in [2.45, 2.75) is 57.5 Å². The highest BCUT2D eigenvalue weighted by Crippen LogP contribution is 2.29. The number of hydrogen-bond acceptors (Lipinski definition) is 4. The fourth-order valence-electron chi connectivity index (χ4n) is 2.37. The Morgan fingerprint density at radius 3 is 1.41 bits per heavy atom. The van der Waals surface area contributed by atoms with Crippen LogP contribution in [0.4, 0.5) is 0 Å². The first-order valence-electron chi connectivity index (χ1n) is 6.68. The van der Waals surface area contributed by atoms with Crippen LogP contribution in [0.3, 0.4) is 0 Å². The summed E-state index contributed by atoms with van der Waals surface area (Å²) in [6.07, 6.45) is 4.79. The lowest BCUT2D eigenvalue weighted by Gasteiger charge is -2.37. The molecule has 4 heteroatoms. The highest BCUT2D eigenvalue weighted by Gasteiger charge is 2.32. The van der Waals surface area contributed by atoms with Gasteiger partial charge in [0.1, 0.15) is 0 Å². The second-order valence-corrected chi connectivity index (χ2v) is 5.22. The minimum absolute atomic E-state index is 0.400. The van der Waals surface area contributed by atoms with Crippen molar-refractivity contribution in [3.05, 3.63) is 0 Å². The SMILES string of the molecule is CC1(CCCC2(C)OCCCO2)OCCCO1. The molecule has 0 bridgehead atoms. The van der Waals surface area contributed by atoms with E-state index in [-0.39, 0.29) is 0 Å². The molecule has 0 atom stereocenters. The highest BCUT2D eigenvalue weighted by atomic mass is 16.7. The molecule has 0 N–H and O–H groups in total. The second kappa shape index (κ2) is 5.65. The molecule has 100 valence electrons. The van der Waals surface area contributed by atoms with Gasteiger partial charge in [0.25, 0.3) is 0 Å². The maximum absolute atomic E-state index is 5.68. The highest BCUT2D eigenvalue weighted by molar-refractivity contribution is 4.72. The Labute approximate surface area is 104 Å². The first-order chi connectivity index (χ1) is 8.12. The molecule has 2 heterocycles. The topological polar surface area (TPSA) is 36.9 Å². The average Bonchev–Trinajstić information content (AvgIpc) is 2.30. The van der Waals surface area contributed by atoms with Gasteiger partial charge in [0.05, 0.1) is 26.4 Å². The van der Waals surface area contributed by atoms with Crippen LogP contribution < -0.4 is 0 Å². The van der Waals surface area contributed by atoms with Crippen molar-refractivity contribution in [3.63, 3.8) is 0 Å². The van der Waals surface area contributed by atoms with Crippen molar-refractivity contribution < 1.29 is 18.9 Å². The molecule has 4 nitrogen and oxygen atoms in total. The minimum atomic E-state index is -0.400. The lowest BCUT2D eigenvalue weighted by Crippen LogP contribution is -2.40. The van der Waals surface area contributed by atoms with E-state index in [1.54, 1.807) is 0 Å². The van der Waals surface area contributed by atoms with Gasteiger partial charge < -0.3 is 18.9 Å². The molecular formula is C13H24O4. The quantitative estimate of drug-likeness (QED) is 0.761. The lowest BCUT2D eigenvalue weighted by molar-refractivity contribution is -0.273. The molecule has 0 amide bonds. The van der Waals surface area contributed by atoms with E-state index >= 15 is 0 Å². The molecule has 0 aromatic rings. The minimum Gasteiger partial charge on any atom is -0.350 e. The van der Waals surface area contributed by atoms with E-state index in [2.05, 4.69) is 0 Å². The van der Waals surface area contributed by atoms with Crippen LogP contribution in [0.1, 0.15) is 46.0 Å². The van der Waals surface area contributed by atoms with Gasteiger partial charge in [-0.2, -0.15) is 0 Å². The molecule has 2 aliphatic heterocycles. The van der Waals surface area contributed by atoms with Gasteiger partial charge in [0.15, 0.2) is 11.6 Å². The van der Waals surface area contributed by atoms with E-state index in [0.29, 0.717) is 0 Å². The molecule has 17 heavy (non-hydrogen) atoms. The van der Waals surface area contributed by atoms with E-state index in [1.165, 1.54) is 0 Å². The molecule has 2 fully saturated rings. The summed E-state index contributed by atoms with van der Waals surface area (Å²) in [6.45, 7) is 7.28. The van der Waals surface area contributed by atoms with Crippen molar-refractivity contribution in [1.82, 2.24) is 0 Å². The number of ether oxygens (including phenoxy) is 4. The van der Waals surface area contributed by atoms with E-state index in [4.69, 9.17) is 18.9 Å². The number of hydrogen-bond donors (Lipinski definition) is 0. The monoisotopic (exact) mass is 244 g/mol. The Morgan fingerprint density at radius 1 is 0.706 bits per heavy atom. The summed E-state index contributed by atoms with van der Waals surface area (Å²) in [4.78, 5) is 0. The molecule has 2 rings (SSSR count). The Hall–Kier alpha value is -0.160. The van der Waals surface area contributed by atoms with Crippen LogP contribution in [0.2, 0.25) is 0 Å². The standard InChI is InChI=1S/C13H24O4/c1-12(14-8-4-9-15-12)6-3-7-13(2)16-10-5-11-17-13/h3-11H2,1-2H3. The van der Waals surface area contributed by atoms with Gasteiger partial charge in [0, 0.05) is 12.8 Å². The van der Waals surface area contributed by atoms with Gasteiger partial charge in [-0.1, -0.05) is 0 Å². The smallest absolute Gasteiger partial charge is 0.165 e. The summed E-state index contributed by atoms with van der Waals surface area (Å²) < 4.78 is 22.7. The largest absolute Gasteiger partial charge is 0.350 e. The third-order valence-corrected chi connectivity index (χ3v) is 3.47. The van der Waals surface area contributed by atoms with Gasteiger partial charge in [-0.05, 0) is 33.1 Å². The Morgan fingerprint density at radius 2 is 1.06 bits per heavy atom. The Bertz CT molecular complexity index is 206. The van der Waals surface area contributed by atoms with Crippen LogP contribution in [0, 0.1) is 0 Å². The van der Waals surface area contributed by atoms with Crippen molar-refractivity contribution in [3.8, 4) is 0 Å².